The van der Waals surface area contributed by atoms with E-state index in [1.54, 1.807) is 0 Å². The first-order valence-electron chi connectivity index (χ1n) is 12.8. The normalized spacial score (nSPS) is 27.3. The molecule has 35 heavy (non-hydrogen) atoms. The molecule has 1 aliphatic carbocycles. The van der Waals surface area contributed by atoms with Crippen LogP contribution in [0.25, 0.3) is 0 Å². The zero-order chi connectivity index (χ0) is 24.5. The van der Waals surface area contributed by atoms with Crippen LogP contribution in [0.3, 0.4) is 0 Å². The number of hydrogen-bond acceptors (Lipinski definition) is 5. The number of likely N-dealkylation sites (tertiary alicyclic amines) is 1. The first-order chi connectivity index (χ1) is 16.9. The molecule has 3 fully saturated rings. The van der Waals surface area contributed by atoms with E-state index in [-0.39, 0.29) is 17.7 Å². The van der Waals surface area contributed by atoms with Crippen molar-refractivity contribution in [1.82, 2.24) is 20.0 Å². The number of carboxylic acids is 1. The second-order valence-electron chi connectivity index (χ2n) is 10.3. The minimum absolute atomic E-state index is 0.0451. The largest absolute Gasteiger partial charge is 0.480 e. The number of piperazine rings is 1. The second kappa shape index (κ2) is 9.97. The van der Waals surface area contributed by atoms with Crippen molar-refractivity contribution in [1.29, 1.82) is 0 Å². The van der Waals surface area contributed by atoms with Crippen LogP contribution in [0.2, 0.25) is 0 Å². The second-order valence-corrected chi connectivity index (χ2v) is 10.3. The van der Waals surface area contributed by atoms with Crippen LogP contribution in [0.1, 0.15) is 36.8 Å². The van der Waals surface area contributed by atoms with Crippen LogP contribution >= 0.6 is 0 Å². The monoisotopic (exact) mass is 482 g/mol. The number of carbonyl (C=O) groups is 4. The van der Waals surface area contributed by atoms with Gasteiger partial charge in [0.2, 0.25) is 11.8 Å². The lowest BCUT2D eigenvalue weighted by molar-refractivity contribution is -0.167. The van der Waals surface area contributed by atoms with Crippen LogP contribution in [-0.2, 0) is 27.2 Å². The minimum atomic E-state index is -1.12. The summed E-state index contributed by atoms with van der Waals surface area (Å²) in [6.45, 7) is 3.18. The number of fused-ring (bicyclic) bond motifs is 1. The van der Waals surface area contributed by atoms with Crippen molar-refractivity contribution >= 4 is 23.8 Å². The van der Waals surface area contributed by atoms with Gasteiger partial charge in [0.25, 0.3) is 0 Å². The van der Waals surface area contributed by atoms with Gasteiger partial charge in [0.1, 0.15) is 0 Å². The highest BCUT2D eigenvalue weighted by atomic mass is 16.4. The van der Waals surface area contributed by atoms with Crippen molar-refractivity contribution in [3.05, 3.63) is 35.4 Å². The van der Waals surface area contributed by atoms with E-state index in [1.165, 1.54) is 16.0 Å². The molecule has 2 N–H and O–H groups in total. The number of urea groups is 1. The molecule has 1 aromatic rings. The molecule has 3 aliphatic heterocycles. The van der Waals surface area contributed by atoms with E-state index in [9.17, 15) is 24.3 Å². The number of aliphatic carboxylic acids is 1. The fraction of sp³-hybridized carbons (Fsp3) is 0.615. The minimum Gasteiger partial charge on any atom is -0.480 e. The average Bonchev–Trinajstić information content (AvgIpc) is 2.89. The number of carboxylic acid groups (broad SMARTS) is 1. The van der Waals surface area contributed by atoms with Crippen LogP contribution in [0.4, 0.5) is 4.79 Å². The molecular formula is C26H34N4O5. The smallest absolute Gasteiger partial charge is 0.327 e. The Morgan fingerprint density at radius 1 is 0.943 bits per heavy atom. The fourth-order valence-corrected chi connectivity index (χ4v) is 6.19. The van der Waals surface area contributed by atoms with Crippen molar-refractivity contribution < 1.29 is 24.3 Å². The average molecular weight is 483 g/mol. The lowest BCUT2D eigenvalue weighted by atomic mass is 9.78. The van der Waals surface area contributed by atoms with E-state index in [4.69, 9.17) is 0 Å². The molecule has 4 aliphatic rings. The Balaban J connectivity index is 1.15. The molecule has 0 spiro atoms. The van der Waals surface area contributed by atoms with Crippen molar-refractivity contribution in [2.45, 2.75) is 44.6 Å². The van der Waals surface area contributed by atoms with Crippen LogP contribution < -0.4 is 5.32 Å². The third-order valence-corrected chi connectivity index (χ3v) is 8.28. The Morgan fingerprint density at radius 2 is 1.60 bits per heavy atom. The summed E-state index contributed by atoms with van der Waals surface area (Å²) in [5.74, 6) is -1.74. The van der Waals surface area contributed by atoms with E-state index in [0.29, 0.717) is 38.5 Å². The highest BCUT2D eigenvalue weighted by Crippen LogP contribution is 2.36. The number of hydrogen-bond donors (Lipinski definition) is 2. The lowest BCUT2D eigenvalue weighted by Crippen LogP contribution is -2.69. The summed E-state index contributed by atoms with van der Waals surface area (Å²) < 4.78 is 0. The van der Waals surface area contributed by atoms with Gasteiger partial charge in [-0.3, -0.25) is 9.59 Å². The van der Waals surface area contributed by atoms with Crippen LogP contribution in [0, 0.1) is 17.8 Å². The predicted octanol–water partition coefficient (Wildman–Crippen LogP) is 1.36. The number of nitrogens with zero attached hydrogens (tertiary/aromatic N) is 3. The molecule has 3 saturated heterocycles. The Bertz CT molecular complexity index is 999. The summed E-state index contributed by atoms with van der Waals surface area (Å²) in [5, 5.41) is 13.0. The summed E-state index contributed by atoms with van der Waals surface area (Å²) in [6, 6.07) is 6.62. The van der Waals surface area contributed by atoms with Crippen molar-refractivity contribution in [2.75, 3.05) is 39.3 Å². The maximum Gasteiger partial charge on any atom is 0.327 e. The molecule has 1 unspecified atom stereocenters. The molecule has 5 rings (SSSR count). The quantitative estimate of drug-likeness (QED) is 0.627. The first kappa shape index (κ1) is 23.8. The maximum atomic E-state index is 13.1. The highest BCUT2D eigenvalue weighted by molar-refractivity contribution is 6.07. The topological polar surface area (TPSA) is 110 Å². The predicted molar refractivity (Wildman–Crippen MR) is 127 cm³/mol. The highest BCUT2D eigenvalue weighted by Gasteiger charge is 2.56. The number of aryl methyl sites for hydroxylation is 1. The van der Waals surface area contributed by atoms with Gasteiger partial charge in [0.15, 0.2) is 6.04 Å². The van der Waals surface area contributed by atoms with Gasteiger partial charge < -0.3 is 20.2 Å². The molecule has 0 saturated carbocycles. The van der Waals surface area contributed by atoms with E-state index in [1.807, 2.05) is 17.0 Å². The number of nitrogens with one attached hydrogen (secondary N) is 1. The molecule has 188 valence electrons. The molecule has 0 aromatic heterocycles. The molecule has 3 atom stereocenters. The molecule has 9 nitrogen and oxygen atoms in total. The van der Waals surface area contributed by atoms with E-state index in [0.717, 1.165) is 50.1 Å². The van der Waals surface area contributed by atoms with E-state index >= 15 is 0 Å². The molecule has 3 heterocycles. The summed E-state index contributed by atoms with van der Waals surface area (Å²) in [5.41, 5.74) is 2.55. The van der Waals surface area contributed by atoms with Gasteiger partial charge in [-0.15, -0.1) is 0 Å². The molecule has 0 bridgehead atoms. The number of amides is 4. The summed E-state index contributed by atoms with van der Waals surface area (Å²) >= 11 is 0. The van der Waals surface area contributed by atoms with Gasteiger partial charge in [0.05, 0.1) is 5.92 Å². The van der Waals surface area contributed by atoms with Gasteiger partial charge in [-0.25, -0.2) is 14.5 Å². The summed E-state index contributed by atoms with van der Waals surface area (Å²) in [4.78, 5) is 55.3. The van der Waals surface area contributed by atoms with Crippen molar-refractivity contribution in [2.24, 2.45) is 17.8 Å². The van der Waals surface area contributed by atoms with E-state index in [2.05, 4.69) is 17.4 Å². The van der Waals surface area contributed by atoms with Gasteiger partial charge in [-0.05, 0) is 68.7 Å². The summed E-state index contributed by atoms with van der Waals surface area (Å²) in [6.07, 6.45) is 4.84. The van der Waals surface area contributed by atoms with Gasteiger partial charge in [0, 0.05) is 32.1 Å². The maximum absolute atomic E-state index is 13.1. The van der Waals surface area contributed by atoms with Crippen molar-refractivity contribution in [3.63, 3.8) is 0 Å². The summed E-state index contributed by atoms with van der Waals surface area (Å²) in [7, 11) is 0. The van der Waals surface area contributed by atoms with Crippen LogP contribution in [-0.4, -0.2) is 88.9 Å². The zero-order valence-electron chi connectivity index (χ0n) is 20.0. The number of benzene rings is 1. The molecule has 0 radical (unpaired) electrons. The molecular weight excluding hydrogens is 448 g/mol. The van der Waals surface area contributed by atoms with Crippen LogP contribution in [0.5, 0.6) is 0 Å². The zero-order valence-corrected chi connectivity index (χ0v) is 20.0. The standard InChI is InChI=1S/C26H34N4O5/c31-23(20-6-5-18-3-1-2-4-19(18)16-20)28-11-13-29(14-12-28)26(35)30-22(25(33)34)21(24(30)32)15-17-7-9-27-10-8-17/h1-4,17,20-22,27H,5-16H2,(H,33,34)/t20?,21-,22+/m1/s1. The Labute approximate surface area is 205 Å². The first-order valence-corrected chi connectivity index (χ1v) is 12.8. The lowest BCUT2D eigenvalue weighted by Gasteiger charge is -2.47. The Kier molecular flexibility index (Phi) is 6.77. The number of piperidine rings is 1. The molecule has 1 aromatic carbocycles. The number of β-lactam (4-membered cyclic amide) rings is 1. The molecule has 9 heteroatoms. The Hall–Kier alpha value is -2.94. The van der Waals surface area contributed by atoms with Crippen molar-refractivity contribution in [3.8, 4) is 0 Å². The number of carbonyl (C=O) groups excluding carboxylic acids is 3. The third kappa shape index (κ3) is 4.66. The third-order valence-electron chi connectivity index (χ3n) is 8.28. The number of imide groups is 1. The van der Waals surface area contributed by atoms with E-state index < -0.39 is 24.0 Å². The Morgan fingerprint density at radius 3 is 2.29 bits per heavy atom. The van der Waals surface area contributed by atoms with Gasteiger partial charge >= 0.3 is 12.0 Å². The number of rotatable bonds is 4. The van der Waals surface area contributed by atoms with Gasteiger partial charge in [-0.2, -0.15) is 0 Å². The SMILES string of the molecule is O=C(O)[C@@H]1[C@@H](CC2CCNCC2)C(=O)N1C(=O)N1CCN(C(=O)C2CCc3ccccc3C2)CC1. The fourth-order valence-electron chi connectivity index (χ4n) is 6.19. The molecule has 4 amide bonds. The van der Waals surface area contributed by atoms with Crippen LogP contribution in [0.15, 0.2) is 24.3 Å². The van der Waals surface area contributed by atoms with Gasteiger partial charge in [-0.1, -0.05) is 24.3 Å².